The molecule has 6 heavy (non-hydrogen) atoms. The Hall–Kier alpha value is -0.0800. The van der Waals surface area contributed by atoms with Crippen molar-refractivity contribution in [3.8, 4) is 0 Å². The lowest BCUT2D eigenvalue weighted by Crippen LogP contribution is -2.18. The molecule has 37 valence electrons. The third-order valence-corrected chi connectivity index (χ3v) is 0.477. The molecule has 0 spiro atoms. The molecule has 0 saturated carbocycles. The highest BCUT2D eigenvalue weighted by atomic mass is 16.3. The van der Waals surface area contributed by atoms with Crippen LogP contribution in [-0.4, -0.2) is 11.3 Å². The Morgan fingerprint density at radius 2 is 2.50 bits per heavy atom. The summed E-state index contributed by atoms with van der Waals surface area (Å²) in [6.45, 7) is 1.93. The summed E-state index contributed by atoms with van der Waals surface area (Å²) in [7, 11) is 0. The average molecular weight is 88.1 g/mol. The van der Waals surface area contributed by atoms with Gasteiger partial charge in [-0.05, 0) is 6.42 Å². The van der Waals surface area contributed by atoms with Crippen LogP contribution >= 0.6 is 0 Å². The quantitative estimate of drug-likeness (QED) is 0.462. The Labute approximate surface area is 38.0 Å². The first-order chi connectivity index (χ1) is 2.77. The Morgan fingerprint density at radius 3 is 2.50 bits per heavy atom. The van der Waals surface area contributed by atoms with Gasteiger partial charge < -0.3 is 10.8 Å². The van der Waals surface area contributed by atoms with Gasteiger partial charge in [-0.1, -0.05) is 6.92 Å². The van der Waals surface area contributed by atoms with Crippen molar-refractivity contribution < 1.29 is 5.11 Å². The minimum atomic E-state index is -0.727. The molecular formula is C4H10NO. The molecule has 1 atom stereocenters. The topological polar surface area (TPSA) is 46.2 Å². The lowest BCUT2D eigenvalue weighted by atomic mass is 10.3. The molecule has 0 heterocycles. The Bertz CT molecular complexity index is 28.7. The lowest BCUT2D eigenvalue weighted by Gasteiger charge is -1.95. The zero-order chi connectivity index (χ0) is 4.99. The summed E-state index contributed by atoms with van der Waals surface area (Å²) in [5, 5.41) is 8.27. The Balaban J connectivity index is 2.63. The molecule has 0 aliphatic carbocycles. The number of hydrogen-bond acceptors (Lipinski definition) is 2. The third-order valence-electron chi connectivity index (χ3n) is 0.477. The van der Waals surface area contributed by atoms with Gasteiger partial charge in [0.2, 0.25) is 0 Å². The predicted octanol–water partition coefficient (Wildman–Crippen LogP) is -0.122. The largest absolute Gasteiger partial charge is 0.379 e. The van der Waals surface area contributed by atoms with Crippen molar-refractivity contribution in [2.75, 3.05) is 0 Å². The molecule has 0 amide bonds. The van der Waals surface area contributed by atoms with Gasteiger partial charge in [-0.3, -0.25) is 0 Å². The second-order valence-electron chi connectivity index (χ2n) is 1.13. The zero-order valence-electron chi connectivity index (χ0n) is 3.89. The van der Waals surface area contributed by atoms with E-state index in [0.717, 1.165) is 6.42 Å². The number of aliphatic hydroxyl groups excluding tert-OH is 1. The van der Waals surface area contributed by atoms with E-state index in [0.29, 0.717) is 0 Å². The molecule has 0 aliphatic rings. The summed E-state index contributed by atoms with van der Waals surface area (Å²) < 4.78 is 0. The maximum absolute atomic E-state index is 8.27. The van der Waals surface area contributed by atoms with E-state index in [1.807, 2.05) is 6.92 Å². The van der Waals surface area contributed by atoms with E-state index in [9.17, 15) is 0 Å². The van der Waals surface area contributed by atoms with Crippen molar-refractivity contribution >= 4 is 0 Å². The Kier molecular flexibility index (Phi) is 3.08. The first kappa shape index (κ1) is 5.92. The van der Waals surface area contributed by atoms with Crippen LogP contribution in [0.15, 0.2) is 0 Å². The van der Waals surface area contributed by atoms with Crippen molar-refractivity contribution in [2.45, 2.75) is 19.6 Å². The van der Waals surface area contributed by atoms with E-state index in [1.54, 1.807) is 6.42 Å². The van der Waals surface area contributed by atoms with Gasteiger partial charge in [0.05, 0.1) is 0 Å². The monoisotopic (exact) mass is 88.1 g/mol. The van der Waals surface area contributed by atoms with Gasteiger partial charge in [-0.2, -0.15) is 0 Å². The fraction of sp³-hybridized carbons (Fsp3) is 0.750. The molecule has 1 unspecified atom stereocenters. The molecular weight excluding hydrogens is 78.0 g/mol. The number of aliphatic hydroxyl groups is 1. The van der Waals surface area contributed by atoms with Crippen LogP contribution in [0.1, 0.15) is 13.3 Å². The first-order valence-corrected chi connectivity index (χ1v) is 2.04. The average Bonchev–Trinajstić information content (AvgIpc) is 1.35. The molecule has 2 heteroatoms. The van der Waals surface area contributed by atoms with Crippen molar-refractivity contribution in [3.63, 3.8) is 0 Å². The third kappa shape index (κ3) is 3.92. The van der Waals surface area contributed by atoms with Crippen LogP contribution in [0.3, 0.4) is 0 Å². The van der Waals surface area contributed by atoms with Gasteiger partial charge in [0.1, 0.15) is 6.23 Å². The van der Waals surface area contributed by atoms with Crippen LogP contribution in [-0.2, 0) is 0 Å². The van der Waals surface area contributed by atoms with Gasteiger partial charge in [-0.15, -0.1) is 0 Å². The standard InChI is InChI=1S/C4H10NO/c1-2-3-4(5)6/h3-4,6H,2,5H2,1H3. The summed E-state index contributed by atoms with van der Waals surface area (Å²) >= 11 is 0. The van der Waals surface area contributed by atoms with Crippen LogP contribution < -0.4 is 5.73 Å². The van der Waals surface area contributed by atoms with Gasteiger partial charge in [0.25, 0.3) is 0 Å². The smallest absolute Gasteiger partial charge is 0.105 e. The maximum atomic E-state index is 8.27. The normalized spacial score (nSPS) is 14.5. The van der Waals surface area contributed by atoms with Crippen LogP contribution in [0.5, 0.6) is 0 Å². The summed E-state index contributed by atoms with van der Waals surface area (Å²) in [6.07, 6.45) is 1.73. The van der Waals surface area contributed by atoms with Gasteiger partial charge in [-0.25, -0.2) is 0 Å². The predicted molar refractivity (Wildman–Crippen MR) is 24.8 cm³/mol. The Morgan fingerprint density at radius 1 is 2.00 bits per heavy atom. The van der Waals surface area contributed by atoms with Crippen molar-refractivity contribution in [1.82, 2.24) is 0 Å². The maximum Gasteiger partial charge on any atom is 0.105 e. The minimum absolute atomic E-state index is 0.727. The van der Waals surface area contributed by atoms with Crippen molar-refractivity contribution in [3.05, 3.63) is 6.42 Å². The summed E-state index contributed by atoms with van der Waals surface area (Å²) in [4.78, 5) is 0. The molecule has 0 fully saturated rings. The zero-order valence-corrected chi connectivity index (χ0v) is 3.89. The highest BCUT2D eigenvalue weighted by Gasteiger charge is 1.87. The van der Waals surface area contributed by atoms with Gasteiger partial charge in [0, 0.05) is 6.42 Å². The molecule has 3 N–H and O–H groups in total. The van der Waals surface area contributed by atoms with Gasteiger partial charge >= 0.3 is 0 Å². The second-order valence-corrected chi connectivity index (χ2v) is 1.13. The molecule has 0 rings (SSSR count). The van der Waals surface area contributed by atoms with Gasteiger partial charge in [0.15, 0.2) is 0 Å². The number of rotatable bonds is 2. The van der Waals surface area contributed by atoms with Crippen molar-refractivity contribution in [1.29, 1.82) is 0 Å². The molecule has 0 aromatic heterocycles. The molecule has 0 aromatic carbocycles. The summed E-state index contributed by atoms with van der Waals surface area (Å²) in [5.41, 5.74) is 4.90. The fourth-order valence-electron chi connectivity index (χ4n) is 0.241. The molecule has 0 aromatic rings. The summed E-state index contributed by atoms with van der Waals surface area (Å²) in [6, 6.07) is 0. The first-order valence-electron chi connectivity index (χ1n) is 2.04. The van der Waals surface area contributed by atoms with E-state index in [1.165, 1.54) is 0 Å². The van der Waals surface area contributed by atoms with E-state index in [-0.39, 0.29) is 0 Å². The molecule has 1 radical (unpaired) electrons. The van der Waals surface area contributed by atoms with Crippen LogP contribution in [0.4, 0.5) is 0 Å². The van der Waals surface area contributed by atoms with E-state index < -0.39 is 6.23 Å². The molecule has 2 nitrogen and oxygen atoms in total. The van der Waals surface area contributed by atoms with E-state index in [4.69, 9.17) is 10.8 Å². The molecule has 0 saturated heterocycles. The lowest BCUT2D eigenvalue weighted by molar-refractivity contribution is 0.212. The minimum Gasteiger partial charge on any atom is -0.379 e. The second kappa shape index (κ2) is 3.12. The van der Waals surface area contributed by atoms with Crippen LogP contribution in [0.2, 0.25) is 0 Å². The highest BCUT2D eigenvalue weighted by Crippen LogP contribution is 1.83. The molecule has 0 aliphatic heterocycles. The van der Waals surface area contributed by atoms with Crippen LogP contribution in [0, 0.1) is 6.42 Å². The molecule has 0 bridgehead atoms. The van der Waals surface area contributed by atoms with E-state index >= 15 is 0 Å². The van der Waals surface area contributed by atoms with Crippen molar-refractivity contribution in [2.24, 2.45) is 5.73 Å². The van der Waals surface area contributed by atoms with Crippen LogP contribution in [0.25, 0.3) is 0 Å². The highest BCUT2D eigenvalue weighted by molar-refractivity contribution is 4.65. The fourth-order valence-corrected chi connectivity index (χ4v) is 0.241. The number of nitrogens with two attached hydrogens (primary N) is 1. The number of hydrogen-bond donors (Lipinski definition) is 2. The SMILES string of the molecule is CC[CH]C(N)O. The summed E-state index contributed by atoms with van der Waals surface area (Å²) in [5.74, 6) is 0. The van der Waals surface area contributed by atoms with E-state index in [2.05, 4.69) is 0 Å².